The van der Waals surface area contributed by atoms with Crippen LogP contribution < -0.4 is 4.74 Å². The minimum atomic E-state index is -0.0672. The zero-order valence-electron chi connectivity index (χ0n) is 16.4. The molecule has 0 amide bonds. The molecule has 0 atom stereocenters. The van der Waals surface area contributed by atoms with Crippen molar-refractivity contribution in [3.05, 3.63) is 102 Å². The molecule has 0 N–H and O–H groups in total. The summed E-state index contributed by atoms with van der Waals surface area (Å²) in [4.78, 5) is 18.0. The molecule has 0 unspecified atom stereocenters. The highest BCUT2D eigenvalue weighted by atomic mass is 16.5. The van der Waals surface area contributed by atoms with E-state index >= 15 is 0 Å². The number of nitrogens with zero attached hydrogens (tertiary/aromatic N) is 1. The Balaban J connectivity index is 1.85. The van der Waals surface area contributed by atoms with E-state index in [2.05, 4.69) is 0 Å². The number of hydrogen-bond donors (Lipinski definition) is 0. The van der Waals surface area contributed by atoms with Crippen molar-refractivity contribution >= 4 is 22.8 Å². The van der Waals surface area contributed by atoms with Crippen molar-refractivity contribution in [3.63, 3.8) is 0 Å². The van der Waals surface area contributed by atoms with Crippen LogP contribution in [0.3, 0.4) is 0 Å². The minimum absolute atomic E-state index is 0.0672. The van der Waals surface area contributed by atoms with E-state index in [4.69, 9.17) is 9.72 Å². The fourth-order valence-electron chi connectivity index (χ4n) is 3.54. The van der Waals surface area contributed by atoms with E-state index in [0.717, 1.165) is 39.0 Å². The van der Waals surface area contributed by atoms with Gasteiger partial charge in [-0.15, -0.1) is 0 Å². The molecule has 29 heavy (non-hydrogen) atoms. The minimum Gasteiger partial charge on any atom is -0.497 e. The maximum atomic E-state index is 13.3. The predicted octanol–water partition coefficient (Wildman–Crippen LogP) is 6.11. The maximum absolute atomic E-state index is 13.3. The first-order valence-electron chi connectivity index (χ1n) is 9.48. The van der Waals surface area contributed by atoms with Crippen molar-refractivity contribution in [2.24, 2.45) is 0 Å². The lowest BCUT2D eigenvalue weighted by molar-refractivity contribution is 0.104. The van der Waals surface area contributed by atoms with Gasteiger partial charge in [0, 0.05) is 16.6 Å². The third-order valence-electron chi connectivity index (χ3n) is 4.90. The number of ether oxygens (including phenoxy) is 1. The van der Waals surface area contributed by atoms with E-state index in [1.807, 2.05) is 91.9 Å². The molecule has 1 aromatic heterocycles. The van der Waals surface area contributed by atoms with E-state index in [1.165, 1.54) is 0 Å². The molecule has 0 aliphatic rings. The summed E-state index contributed by atoms with van der Waals surface area (Å²) < 4.78 is 5.26. The van der Waals surface area contributed by atoms with E-state index in [0.29, 0.717) is 5.56 Å². The molecular weight excluding hydrogens is 358 g/mol. The zero-order valence-corrected chi connectivity index (χ0v) is 16.4. The monoisotopic (exact) mass is 379 g/mol. The van der Waals surface area contributed by atoms with Gasteiger partial charge in [-0.3, -0.25) is 9.78 Å². The number of methoxy groups -OCH3 is 1. The van der Waals surface area contributed by atoms with Crippen molar-refractivity contribution in [3.8, 4) is 16.9 Å². The Morgan fingerprint density at radius 2 is 1.69 bits per heavy atom. The van der Waals surface area contributed by atoms with Gasteiger partial charge in [0.2, 0.25) is 0 Å². The van der Waals surface area contributed by atoms with Gasteiger partial charge in [0.1, 0.15) is 5.75 Å². The van der Waals surface area contributed by atoms with Crippen molar-refractivity contribution in [2.45, 2.75) is 6.92 Å². The highest BCUT2D eigenvalue weighted by molar-refractivity contribution is 6.16. The molecule has 0 aliphatic carbocycles. The third-order valence-corrected chi connectivity index (χ3v) is 4.90. The fraction of sp³-hybridized carbons (Fsp3) is 0.0769. The molecule has 0 bridgehead atoms. The van der Waals surface area contributed by atoms with Crippen molar-refractivity contribution in [1.82, 2.24) is 4.98 Å². The molecule has 0 aliphatic heterocycles. The quantitative estimate of drug-likeness (QED) is 0.310. The van der Waals surface area contributed by atoms with Crippen LogP contribution in [0, 0.1) is 6.92 Å². The number of hydrogen-bond acceptors (Lipinski definition) is 3. The summed E-state index contributed by atoms with van der Waals surface area (Å²) in [7, 11) is 1.63. The molecule has 0 fully saturated rings. The van der Waals surface area contributed by atoms with Crippen LogP contribution in [0.4, 0.5) is 0 Å². The zero-order chi connectivity index (χ0) is 20.2. The van der Waals surface area contributed by atoms with E-state index < -0.39 is 0 Å². The first-order valence-corrected chi connectivity index (χ1v) is 9.48. The van der Waals surface area contributed by atoms with Gasteiger partial charge in [-0.05, 0) is 42.3 Å². The molecule has 0 spiro atoms. The number of rotatable bonds is 5. The highest BCUT2D eigenvalue weighted by Crippen LogP contribution is 2.33. The molecule has 0 radical (unpaired) electrons. The number of carbonyl (C=O) groups is 1. The van der Waals surface area contributed by atoms with Crippen molar-refractivity contribution in [2.75, 3.05) is 7.11 Å². The van der Waals surface area contributed by atoms with Gasteiger partial charge in [-0.2, -0.15) is 0 Å². The lowest BCUT2D eigenvalue weighted by atomic mass is 9.92. The molecule has 1 heterocycles. The average Bonchev–Trinajstić information content (AvgIpc) is 2.77. The third kappa shape index (κ3) is 3.81. The number of fused-ring (bicyclic) bond motifs is 1. The Kier molecular flexibility index (Phi) is 5.21. The lowest BCUT2D eigenvalue weighted by Crippen LogP contribution is -2.05. The molecule has 4 rings (SSSR count). The first-order chi connectivity index (χ1) is 14.2. The normalized spacial score (nSPS) is 11.1. The van der Waals surface area contributed by atoms with E-state index in [1.54, 1.807) is 13.2 Å². The second-order valence-corrected chi connectivity index (χ2v) is 6.80. The van der Waals surface area contributed by atoms with Crippen LogP contribution in [0.5, 0.6) is 5.75 Å². The van der Waals surface area contributed by atoms with Gasteiger partial charge < -0.3 is 4.74 Å². The Morgan fingerprint density at radius 3 is 2.48 bits per heavy atom. The predicted molar refractivity (Wildman–Crippen MR) is 118 cm³/mol. The first kappa shape index (κ1) is 18.6. The summed E-state index contributed by atoms with van der Waals surface area (Å²) in [5, 5.41) is 0.974. The van der Waals surface area contributed by atoms with E-state index in [-0.39, 0.29) is 5.78 Å². The van der Waals surface area contributed by atoms with Crippen LogP contribution in [0.1, 0.15) is 21.6 Å². The average molecular weight is 379 g/mol. The van der Waals surface area contributed by atoms with Gasteiger partial charge in [-0.25, -0.2) is 0 Å². The van der Waals surface area contributed by atoms with Crippen LogP contribution in [0.25, 0.3) is 28.1 Å². The van der Waals surface area contributed by atoms with Crippen LogP contribution in [0.15, 0.2) is 84.9 Å². The summed E-state index contributed by atoms with van der Waals surface area (Å²) in [6.07, 6.45) is 3.42. The van der Waals surface area contributed by atoms with Gasteiger partial charge in [0.15, 0.2) is 5.78 Å². The number of carbonyl (C=O) groups excluding carboxylic acids is 1. The summed E-state index contributed by atoms with van der Waals surface area (Å²) in [5.74, 6) is 0.690. The molecule has 3 nitrogen and oxygen atoms in total. The molecule has 0 saturated heterocycles. The smallest absolute Gasteiger partial charge is 0.188 e. The molecule has 3 heteroatoms. The molecule has 142 valence electrons. The number of aromatic nitrogens is 1. The topological polar surface area (TPSA) is 39.2 Å². The van der Waals surface area contributed by atoms with Crippen molar-refractivity contribution in [1.29, 1.82) is 0 Å². The molecule has 3 aromatic carbocycles. The number of para-hydroxylation sites is 1. The van der Waals surface area contributed by atoms with Crippen LogP contribution >= 0.6 is 0 Å². The van der Waals surface area contributed by atoms with Gasteiger partial charge in [0.25, 0.3) is 0 Å². The molecule has 0 saturated carbocycles. The SMILES string of the molecule is COc1cccc(C=CC(=O)c2c(C)nc3ccccc3c2-c2ccccc2)c1. The fourth-order valence-corrected chi connectivity index (χ4v) is 3.54. The van der Waals surface area contributed by atoms with Crippen molar-refractivity contribution < 1.29 is 9.53 Å². The Labute approximate surface area is 170 Å². The number of allylic oxidation sites excluding steroid dienone is 1. The number of ketones is 1. The highest BCUT2D eigenvalue weighted by Gasteiger charge is 2.18. The Bertz CT molecular complexity index is 1210. The summed E-state index contributed by atoms with van der Waals surface area (Å²) >= 11 is 0. The Morgan fingerprint density at radius 1 is 0.931 bits per heavy atom. The van der Waals surface area contributed by atoms with Gasteiger partial charge >= 0.3 is 0 Å². The van der Waals surface area contributed by atoms with Gasteiger partial charge in [-0.1, -0.05) is 66.7 Å². The van der Waals surface area contributed by atoms with E-state index in [9.17, 15) is 4.79 Å². The number of aryl methyl sites for hydroxylation is 1. The standard InChI is InChI=1S/C26H21NO2/c1-18-25(24(28)16-15-19-9-8-12-21(17-19)29-2)26(20-10-4-3-5-11-20)22-13-6-7-14-23(22)27-18/h3-17H,1-2H3. The Hall–Kier alpha value is -3.72. The number of pyridine rings is 1. The second kappa shape index (κ2) is 8.11. The second-order valence-electron chi connectivity index (χ2n) is 6.80. The summed E-state index contributed by atoms with van der Waals surface area (Å²) in [6, 6.07) is 25.6. The largest absolute Gasteiger partial charge is 0.497 e. The number of benzene rings is 3. The van der Waals surface area contributed by atoms with Gasteiger partial charge in [0.05, 0.1) is 18.2 Å². The maximum Gasteiger partial charge on any atom is 0.188 e. The summed E-state index contributed by atoms with van der Waals surface area (Å²) in [5.41, 5.74) is 5.08. The van der Waals surface area contributed by atoms with Crippen LogP contribution in [-0.4, -0.2) is 17.9 Å². The molecular formula is C26H21NO2. The molecule has 4 aromatic rings. The summed E-state index contributed by atoms with van der Waals surface area (Å²) in [6.45, 7) is 1.89. The lowest BCUT2D eigenvalue weighted by Gasteiger charge is -2.14. The van der Waals surface area contributed by atoms with Crippen LogP contribution in [0.2, 0.25) is 0 Å². The van der Waals surface area contributed by atoms with Crippen LogP contribution in [-0.2, 0) is 0 Å².